The van der Waals surface area contributed by atoms with Gasteiger partial charge in [0.25, 0.3) is 0 Å². The second-order valence-corrected chi connectivity index (χ2v) is 5.20. The maximum Gasteiger partial charge on any atom is 0.126 e. The van der Waals surface area contributed by atoms with Crippen molar-refractivity contribution in [1.82, 2.24) is 4.98 Å². The Balaban J connectivity index is 1.83. The molecule has 106 valence electrons. The molecule has 21 heavy (non-hydrogen) atoms. The molecule has 0 amide bonds. The first-order chi connectivity index (χ1) is 10.4. The van der Waals surface area contributed by atoms with E-state index >= 15 is 0 Å². The van der Waals surface area contributed by atoms with Crippen molar-refractivity contribution in [1.29, 1.82) is 5.26 Å². The lowest BCUT2D eigenvalue weighted by Crippen LogP contribution is -2.21. The summed E-state index contributed by atoms with van der Waals surface area (Å²) in [7, 11) is 0. The van der Waals surface area contributed by atoms with Crippen LogP contribution < -0.4 is 5.32 Å². The second kappa shape index (κ2) is 6.38. The Kier molecular flexibility index (Phi) is 4.13. The number of anilines is 1. The fraction of sp³-hybridized carbons (Fsp3) is 0.294. The minimum atomic E-state index is 0.175. The van der Waals surface area contributed by atoms with Crippen LogP contribution in [0.1, 0.15) is 23.6 Å². The standard InChI is InChI=1S/C17H17N3O/c18-10-13-6-7-16(19-11-13)20-17(15-8-9-21-12-15)14-4-2-1-3-5-14/h1-7,11,15,17H,8-9,12H2,(H,19,20)/t15-,17-/m0/s1. The van der Waals surface area contributed by atoms with Crippen molar-refractivity contribution >= 4 is 5.82 Å². The van der Waals surface area contributed by atoms with Gasteiger partial charge in [0.2, 0.25) is 0 Å². The summed E-state index contributed by atoms with van der Waals surface area (Å²) in [6, 6.07) is 16.3. The molecule has 0 saturated carbocycles. The summed E-state index contributed by atoms with van der Waals surface area (Å²) in [5.41, 5.74) is 1.81. The number of nitrogens with one attached hydrogen (secondary N) is 1. The molecule has 2 atom stereocenters. The van der Waals surface area contributed by atoms with Gasteiger partial charge in [-0.3, -0.25) is 0 Å². The van der Waals surface area contributed by atoms with Gasteiger partial charge in [-0.25, -0.2) is 4.98 Å². The number of nitrogens with zero attached hydrogens (tertiary/aromatic N) is 2. The monoisotopic (exact) mass is 279 g/mol. The summed E-state index contributed by atoms with van der Waals surface area (Å²) in [5.74, 6) is 1.22. The number of hydrogen-bond acceptors (Lipinski definition) is 4. The van der Waals surface area contributed by atoms with E-state index in [-0.39, 0.29) is 6.04 Å². The maximum atomic E-state index is 8.83. The first-order valence-corrected chi connectivity index (χ1v) is 7.12. The number of pyridine rings is 1. The van der Waals surface area contributed by atoms with Crippen molar-refractivity contribution in [2.45, 2.75) is 12.5 Å². The van der Waals surface area contributed by atoms with Crippen LogP contribution in [0.2, 0.25) is 0 Å². The summed E-state index contributed by atoms with van der Waals surface area (Å²) in [6.07, 6.45) is 2.64. The van der Waals surface area contributed by atoms with E-state index in [2.05, 4.69) is 28.5 Å². The van der Waals surface area contributed by atoms with E-state index in [4.69, 9.17) is 10.00 Å². The van der Waals surface area contributed by atoms with E-state index in [0.29, 0.717) is 11.5 Å². The normalized spacial score (nSPS) is 18.9. The van der Waals surface area contributed by atoms with Crippen molar-refractivity contribution in [3.8, 4) is 6.07 Å². The lowest BCUT2D eigenvalue weighted by Gasteiger charge is -2.24. The molecule has 0 radical (unpaired) electrons. The minimum Gasteiger partial charge on any atom is -0.381 e. The lowest BCUT2D eigenvalue weighted by atomic mass is 9.92. The van der Waals surface area contributed by atoms with Crippen LogP contribution >= 0.6 is 0 Å². The molecule has 1 N–H and O–H groups in total. The van der Waals surface area contributed by atoms with Gasteiger partial charge in [0.15, 0.2) is 0 Å². The highest BCUT2D eigenvalue weighted by molar-refractivity contribution is 5.42. The van der Waals surface area contributed by atoms with Crippen LogP contribution in [0, 0.1) is 17.2 Å². The Morgan fingerprint density at radius 2 is 2.10 bits per heavy atom. The molecule has 3 rings (SSSR count). The van der Waals surface area contributed by atoms with E-state index in [0.717, 1.165) is 25.5 Å². The molecule has 1 aromatic heterocycles. The third-order valence-electron chi connectivity index (χ3n) is 3.79. The lowest BCUT2D eigenvalue weighted by molar-refractivity contribution is 0.182. The smallest absolute Gasteiger partial charge is 0.126 e. The topological polar surface area (TPSA) is 57.9 Å². The summed E-state index contributed by atoms with van der Waals surface area (Å²) in [4.78, 5) is 4.31. The van der Waals surface area contributed by atoms with Gasteiger partial charge in [-0.15, -0.1) is 0 Å². The summed E-state index contributed by atoms with van der Waals surface area (Å²) < 4.78 is 5.53. The van der Waals surface area contributed by atoms with Crippen LogP contribution in [-0.4, -0.2) is 18.2 Å². The van der Waals surface area contributed by atoms with Crippen LogP contribution in [-0.2, 0) is 4.74 Å². The fourth-order valence-corrected chi connectivity index (χ4v) is 2.65. The number of hydrogen-bond donors (Lipinski definition) is 1. The predicted molar refractivity (Wildman–Crippen MR) is 80.7 cm³/mol. The van der Waals surface area contributed by atoms with Gasteiger partial charge in [0, 0.05) is 18.7 Å². The van der Waals surface area contributed by atoms with E-state index < -0.39 is 0 Å². The molecule has 0 bridgehead atoms. The Morgan fingerprint density at radius 1 is 1.24 bits per heavy atom. The van der Waals surface area contributed by atoms with E-state index in [9.17, 15) is 0 Å². The largest absolute Gasteiger partial charge is 0.381 e. The predicted octanol–water partition coefficient (Wildman–Crippen LogP) is 3.14. The molecule has 1 aliphatic heterocycles. The minimum absolute atomic E-state index is 0.175. The van der Waals surface area contributed by atoms with Crippen molar-refractivity contribution < 1.29 is 4.74 Å². The quantitative estimate of drug-likeness (QED) is 0.934. The van der Waals surface area contributed by atoms with Crippen LogP contribution in [0.15, 0.2) is 48.7 Å². The van der Waals surface area contributed by atoms with Gasteiger partial charge >= 0.3 is 0 Å². The van der Waals surface area contributed by atoms with Crippen LogP contribution in [0.5, 0.6) is 0 Å². The zero-order chi connectivity index (χ0) is 14.5. The van der Waals surface area contributed by atoms with Crippen molar-refractivity contribution in [2.75, 3.05) is 18.5 Å². The highest BCUT2D eigenvalue weighted by Crippen LogP contribution is 2.31. The SMILES string of the molecule is N#Cc1ccc(N[C@@H](c2ccccc2)[C@H]2CCOC2)nc1. The molecule has 0 aliphatic carbocycles. The Labute approximate surface area is 124 Å². The molecular weight excluding hydrogens is 262 g/mol. The van der Waals surface area contributed by atoms with E-state index in [1.54, 1.807) is 12.3 Å². The molecule has 1 aromatic carbocycles. The molecule has 0 spiro atoms. The van der Waals surface area contributed by atoms with Gasteiger partial charge < -0.3 is 10.1 Å². The molecule has 4 nitrogen and oxygen atoms in total. The highest BCUT2D eigenvalue weighted by Gasteiger charge is 2.27. The van der Waals surface area contributed by atoms with Gasteiger partial charge in [-0.05, 0) is 24.1 Å². The molecule has 2 aromatic rings. The zero-order valence-corrected chi connectivity index (χ0v) is 11.7. The average molecular weight is 279 g/mol. The maximum absolute atomic E-state index is 8.83. The molecule has 4 heteroatoms. The zero-order valence-electron chi connectivity index (χ0n) is 11.7. The van der Waals surface area contributed by atoms with Gasteiger partial charge in [-0.2, -0.15) is 5.26 Å². The number of ether oxygens (including phenoxy) is 1. The number of rotatable bonds is 4. The number of benzene rings is 1. The molecule has 1 saturated heterocycles. The molecule has 1 fully saturated rings. The third-order valence-corrected chi connectivity index (χ3v) is 3.79. The summed E-state index contributed by atoms with van der Waals surface area (Å²) in [6.45, 7) is 1.58. The molecule has 0 unspecified atom stereocenters. The Morgan fingerprint density at radius 3 is 2.71 bits per heavy atom. The average Bonchev–Trinajstić information content (AvgIpc) is 3.08. The third kappa shape index (κ3) is 3.21. The van der Waals surface area contributed by atoms with Gasteiger partial charge in [0.1, 0.15) is 11.9 Å². The molecular formula is C17H17N3O. The first-order valence-electron chi connectivity index (χ1n) is 7.12. The van der Waals surface area contributed by atoms with Crippen LogP contribution in [0.3, 0.4) is 0 Å². The fourth-order valence-electron chi connectivity index (χ4n) is 2.65. The summed E-state index contributed by atoms with van der Waals surface area (Å²) >= 11 is 0. The molecule has 2 heterocycles. The van der Waals surface area contributed by atoms with E-state index in [1.807, 2.05) is 24.3 Å². The Bertz CT molecular complexity index is 613. The second-order valence-electron chi connectivity index (χ2n) is 5.20. The highest BCUT2D eigenvalue weighted by atomic mass is 16.5. The van der Waals surface area contributed by atoms with Crippen molar-refractivity contribution in [3.63, 3.8) is 0 Å². The Hall–Kier alpha value is -2.38. The van der Waals surface area contributed by atoms with Crippen LogP contribution in [0.25, 0.3) is 0 Å². The number of aromatic nitrogens is 1. The van der Waals surface area contributed by atoms with Gasteiger partial charge in [-0.1, -0.05) is 30.3 Å². The summed E-state index contributed by atoms with van der Waals surface area (Å²) in [5, 5.41) is 12.3. The van der Waals surface area contributed by atoms with Crippen LogP contribution in [0.4, 0.5) is 5.82 Å². The number of nitriles is 1. The first kappa shape index (κ1) is 13.6. The van der Waals surface area contributed by atoms with Crippen molar-refractivity contribution in [2.24, 2.45) is 5.92 Å². The molecule has 1 aliphatic rings. The van der Waals surface area contributed by atoms with E-state index in [1.165, 1.54) is 5.56 Å². The van der Waals surface area contributed by atoms with Gasteiger partial charge in [0.05, 0.1) is 18.2 Å². The van der Waals surface area contributed by atoms with Crippen molar-refractivity contribution in [3.05, 3.63) is 59.8 Å².